The summed E-state index contributed by atoms with van der Waals surface area (Å²) in [7, 11) is 0. The molecule has 1 saturated carbocycles. The minimum absolute atomic E-state index is 0.853. The Morgan fingerprint density at radius 2 is 1.91 bits per heavy atom. The molecule has 1 fully saturated rings. The lowest BCUT2D eigenvalue weighted by Gasteiger charge is -2.24. The van der Waals surface area contributed by atoms with E-state index in [0.29, 0.717) is 0 Å². The van der Waals surface area contributed by atoms with E-state index in [1.165, 1.54) is 38.5 Å². The molecule has 0 N–H and O–H groups in total. The van der Waals surface area contributed by atoms with Crippen molar-refractivity contribution in [3.05, 3.63) is 0 Å². The molecule has 0 aromatic carbocycles. The third kappa shape index (κ3) is 1.63. The molecule has 1 aliphatic carbocycles. The second-order valence-corrected chi connectivity index (χ2v) is 3.91. The molecule has 1 heteroatoms. The van der Waals surface area contributed by atoms with Crippen LogP contribution < -0.4 is 0 Å². The van der Waals surface area contributed by atoms with E-state index < -0.39 is 0 Å². The van der Waals surface area contributed by atoms with E-state index in [-0.39, 0.29) is 0 Å². The number of rotatable bonds is 0. The number of hydrogen-bond donors (Lipinski definition) is 0. The number of aliphatic imine (C=N–C) groups is 1. The second-order valence-electron chi connectivity index (χ2n) is 3.91. The molecule has 0 bridgehead atoms. The van der Waals surface area contributed by atoms with E-state index in [4.69, 9.17) is 0 Å². The Morgan fingerprint density at radius 3 is 2.91 bits per heavy atom. The topological polar surface area (TPSA) is 12.4 Å². The Hall–Kier alpha value is -0.330. The number of fused-ring (bicyclic) bond motifs is 1. The monoisotopic (exact) mass is 151 g/mol. The third-order valence-electron chi connectivity index (χ3n) is 3.14. The Balaban J connectivity index is 2.02. The standard InChI is InChI=1S/C10H17N/c1-2-4-9-6-7-11-8-10(9)5-3-1/h8-10H,1-7H2. The summed E-state index contributed by atoms with van der Waals surface area (Å²) < 4.78 is 0. The Morgan fingerprint density at radius 1 is 1.00 bits per heavy atom. The fourth-order valence-electron chi connectivity index (χ4n) is 2.42. The summed E-state index contributed by atoms with van der Waals surface area (Å²) in [6.07, 6.45) is 10.8. The molecule has 62 valence electrons. The van der Waals surface area contributed by atoms with Crippen molar-refractivity contribution in [2.75, 3.05) is 6.54 Å². The van der Waals surface area contributed by atoms with Crippen LogP contribution >= 0.6 is 0 Å². The molecule has 0 aromatic heterocycles. The van der Waals surface area contributed by atoms with Gasteiger partial charge in [0.1, 0.15) is 0 Å². The summed E-state index contributed by atoms with van der Waals surface area (Å²) in [4.78, 5) is 4.38. The van der Waals surface area contributed by atoms with Gasteiger partial charge in [-0.25, -0.2) is 0 Å². The average molecular weight is 151 g/mol. The van der Waals surface area contributed by atoms with Crippen LogP contribution in [0.4, 0.5) is 0 Å². The van der Waals surface area contributed by atoms with Gasteiger partial charge in [0.15, 0.2) is 0 Å². The van der Waals surface area contributed by atoms with Crippen LogP contribution in [0.15, 0.2) is 4.99 Å². The highest BCUT2D eigenvalue weighted by atomic mass is 14.7. The smallest absolute Gasteiger partial charge is 0.0388 e. The maximum atomic E-state index is 4.38. The molecule has 1 nitrogen and oxygen atoms in total. The van der Waals surface area contributed by atoms with Crippen molar-refractivity contribution in [3.63, 3.8) is 0 Å². The van der Waals surface area contributed by atoms with Gasteiger partial charge in [-0.05, 0) is 31.1 Å². The van der Waals surface area contributed by atoms with Gasteiger partial charge in [0.25, 0.3) is 0 Å². The number of hydrogen-bond acceptors (Lipinski definition) is 1. The van der Waals surface area contributed by atoms with Gasteiger partial charge < -0.3 is 0 Å². The number of nitrogens with zero attached hydrogens (tertiary/aromatic N) is 1. The second kappa shape index (κ2) is 3.38. The highest BCUT2D eigenvalue weighted by molar-refractivity contribution is 5.62. The van der Waals surface area contributed by atoms with Crippen molar-refractivity contribution in [1.82, 2.24) is 0 Å². The Bertz CT molecular complexity index is 151. The summed E-state index contributed by atoms with van der Waals surface area (Å²) in [6, 6.07) is 0. The van der Waals surface area contributed by atoms with Gasteiger partial charge >= 0.3 is 0 Å². The van der Waals surface area contributed by atoms with Gasteiger partial charge in [-0.1, -0.05) is 19.3 Å². The van der Waals surface area contributed by atoms with Gasteiger partial charge in [0.2, 0.25) is 0 Å². The molecular weight excluding hydrogens is 134 g/mol. The average Bonchev–Trinajstić information content (AvgIpc) is 2.28. The van der Waals surface area contributed by atoms with Crippen LogP contribution in [-0.2, 0) is 0 Å². The van der Waals surface area contributed by atoms with E-state index in [0.717, 1.165) is 18.4 Å². The molecule has 2 atom stereocenters. The molecule has 0 saturated heterocycles. The molecule has 0 amide bonds. The molecular formula is C10H17N. The van der Waals surface area contributed by atoms with Gasteiger partial charge in [0, 0.05) is 12.8 Å². The Labute approximate surface area is 68.9 Å². The fourth-order valence-corrected chi connectivity index (χ4v) is 2.42. The van der Waals surface area contributed by atoms with Gasteiger partial charge in [-0.15, -0.1) is 0 Å². The van der Waals surface area contributed by atoms with E-state index in [1.807, 2.05) is 0 Å². The lowest BCUT2D eigenvalue weighted by atomic mass is 9.85. The highest BCUT2D eigenvalue weighted by Gasteiger charge is 2.23. The highest BCUT2D eigenvalue weighted by Crippen LogP contribution is 2.31. The van der Waals surface area contributed by atoms with Gasteiger partial charge in [-0.2, -0.15) is 0 Å². The molecule has 1 aliphatic heterocycles. The summed E-state index contributed by atoms with van der Waals surface area (Å²) in [5.74, 6) is 1.85. The summed E-state index contributed by atoms with van der Waals surface area (Å²) in [6.45, 7) is 1.10. The largest absolute Gasteiger partial charge is 0.297 e. The molecule has 0 radical (unpaired) electrons. The zero-order valence-electron chi connectivity index (χ0n) is 7.13. The van der Waals surface area contributed by atoms with Crippen molar-refractivity contribution >= 4 is 6.21 Å². The van der Waals surface area contributed by atoms with E-state index in [9.17, 15) is 0 Å². The van der Waals surface area contributed by atoms with Crippen LogP contribution in [0.5, 0.6) is 0 Å². The zero-order valence-corrected chi connectivity index (χ0v) is 7.13. The fraction of sp³-hybridized carbons (Fsp3) is 0.900. The minimum atomic E-state index is 0.853. The van der Waals surface area contributed by atoms with Crippen LogP contribution in [0.2, 0.25) is 0 Å². The first kappa shape index (κ1) is 7.33. The molecule has 11 heavy (non-hydrogen) atoms. The lowest BCUT2D eigenvalue weighted by molar-refractivity contribution is 0.364. The zero-order chi connectivity index (χ0) is 7.52. The van der Waals surface area contributed by atoms with E-state index in [2.05, 4.69) is 11.2 Å². The molecule has 2 rings (SSSR count). The van der Waals surface area contributed by atoms with Crippen molar-refractivity contribution in [2.24, 2.45) is 16.8 Å². The third-order valence-corrected chi connectivity index (χ3v) is 3.14. The molecule has 2 aliphatic rings. The van der Waals surface area contributed by atoms with E-state index >= 15 is 0 Å². The van der Waals surface area contributed by atoms with E-state index in [1.54, 1.807) is 0 Å². The van der Waals surface area contributed by atoms with Crippen molar-refractivity contribution in [1.29, 1.82) is 0 Å². The maximum Gasteiger partial charge on any atom is 0.0388 e. The first-order chi connectivity index (χ1) is 5.47. The van der Waals surface area contributed by atoms with Crippen LogP contribution in [0.3, 0.4) is 0 Å². The summed E-state index contributed by atoms with van der Waals surface area (Å²) in [5.41, 5.74) is 0. The van der Waals surface area contributed by atoms with Gasteiger partial charge in [0.05, 0.1) is 0 Å². The SMILES string of the molecule is C1=NCCC2CCCCCC12. The molecule has 0 spiro atoms. The van der Waals surface area contributed by atoms with Gasteiger partial charge in [-0.3, -0.25) is 4.99 Å². The summed E-state index contributed by atoms with van der Waals surface area (Å²) >= 11 is 0. The van der Waals surface area contributed by atoms with Crippen molar-refractivity contribution in [2.45, 2.75) is 38.5 Å². The predicted molar refractivity (Wildman–Crippen MR) is 48.0 cm³/mol. The quantitative estimate of drug-likeness (QED) is 0.504. The first-order valence-corrected chi connectivity index (χ1v) is 4.97. The first-order valence-electron chi connectivity index (χ1n) is 4.97. The van der Waals surface area contributed by atoms with Crippen LogP contribution in [0.25, 0.3) is 0 Å². The lowest BCUT2D eigenvalue weighted by Crippen LogP contribution is -2.19. The normalized spacial score (nSPS) is 37.8. The van der Waals surface area contributed by atoms with Crippen LogP contribution in [0, 0.1) is 11.8 Å². The molecule has 0 aromatic rings. The molecule has 2 unspecified atom stereocenters. The predicted octanol–water partition coefficient (Wildman–Crippen LogP) is 2.66. The van der Waals surface area contributed by atoms with Crippen molar-refractivity contribution in [3.8, 4) is 0 Å². The molecule has 1 heterocycles. The Kier molecular flexibility index (Phi) is 2.25. The summed E-state index contributed by atoms with van der Waals surface area (Å²) in [5, 5.41) is 0. The minimum Gasteiger partial charge on any atom is -0.297 e. The van der Waals surface area contributed by atoms with Crippen molar-refractivity contribution < 1.29 is 0 Å². The maximum absolute atomic E-state index is 4.38. The van der Waals surface area contributed by atoms with Crippen LogP contribution in [-0.4, -0.2) is 12.8 Å². The van der Waals surface area contributed by atoms with Crippen LogP contribution in [0.1, 0.15) is 38.5 Å².